The van der Waals surface area contributed by atoms with Gasteiger partial charge >= 0.3 is 0 Å². The Hall–Kier alpha value is -1.06. The zero-order valence-corrected chi connectivity index (χ0v) is 12.0. The third kappa shape index (κ3) is 2.63. The van der Waals surface area contributed by atoms with Crippen molar-refractivity contribution >= 4 is 5.69 Å². The van der Waals surface area contributed by atoms with Crippen LogP contribution in [0.3, 0.4) is 0 Å². The maximum atomic E-state index is 5.71. The van der Waals surface area contributed by atoms with Crippen LogP contribution in [0.2, 0.25) is 0 Å². The Morgan fingerprint density at radius 1 is 1.37 bits per heavy atom. The van der Waals surface area contributed by atoms with Crippen LogP contribution < -0.4 is 5.32 Å². The molecule has 0 aromatic heterocycles. The van der Waals surface area contributed by atoms with Crippen LogP contribution in [0.4, 0.5) is 5.69 Å². The average molecular weight is 260 g/mol. The Morgan fingerprint density at radius 2 is 2.21 bits per heavy atom. The zero-order chi connectivity index (χ0) is 13.3. The highest BCUT2D eigenvalue weighted by molar-refractivity contribution is 5.53. The quantitative estimate of drug-likeness (QED) is 0.884. The van der Waals surface area contributed by atoms with Crippen LogP contribution in [0.1, 0.15) is 25.3 Å². The van der Waals surface area contributed by atoms with Gasteiger partial charge in [-0.15, -0.1) is 0 Å². The molecule has 0 bridgehead atoms. The molecule has 19 heavy (non-hydrogen) atoms. The van der Waals surface area contributed by atoms with Crippen LogP contribution in [0.15, 0.2) is 24.3 Å². The lowest BCUT2D eigenvalue weighted by Crippen LogP contribution is -2.54. The van der Waals surface area contributed by atoms with E-state index >= 15 is 0 Å². The Labute approximate surface area is 115 Å². The van der Waals surface area contributed by atoms with Crippen LogP contribution >= 0.6 is 0 Å². The van der Waals surface area contributed by atoms with Crippen molar-refractivity contribution in [2.45, 2.75) is 37.8 Å². The van der Waals surface area contributed by atoms with Gasteiger partial charge in [0.05, 0.1) is 5.60 Å². The van der Waals surface area contributed by atoms with Crippen molar-refractivity contribution in [1.82, 2.24) is 4.90 Å². The van der Waals surface area contributed by atoms with Crippen molar-refractivity contribution in [2.75, 3.05) is 32.1 Å². The number of piperidine rings is 1. The van der Waals surface area contributed by atoms with Crippen LogP contribution in [-0.4, -0.2) is 43.3 Å². The molecule has 2 heterocycles. The molecule has 2 aliphatic heterocycles. The number of likely N-dealkylation sites (tertiary alicyclic amines) is 1. The van der Waals surface area contributed by atoms with Gasteiger partial charge in [-0.25, -0.2) is 0 Å². The highest BCUT2D eigenvalue weighted by Gasteiger charge is 2.34. The summed E-state index contributed by atoms with van der Waals surface area (Å²) in [6.45, 7) is 5.55. The first-order valence-electron chi connectivity index (χ1n) is 7.31. The van der Waals surface area contributed by atoms with Gasteiger partial charge in [-0.3, -0.25) is 4.90 Å². The smallest absolute Gasteiger partial charge is 0.0777 e. The van der Waals surface area contributed by atoms with Gasteiger partial charge < -0.3 is 10.1 Å². The van der Waals surface area contributed by atoms with Crippen molar-refractivity contribution in [2.24, 2.45) is 0 Å². The fourth-order valence-electron chi connectivity index (χ4n) is 3.40. The Morgan fingerprint density at radius 3 is 3.05 bits per heavy atom. The number of nitrogens with one attached hydrogen (secondary N) is 1. The van der Waals surface area contributed by atoms with E-state index in [1.165, 1.54) is 30.6 Å². The number of benzene rings is 1. The van der Waals surface area contributed by atoms with Crippen LogP contribution in [0.5, 0.6) is 0 Å². The van der Waals surface area contributed by atoms with E-state index in [9.17, 15) is 0 Å². The van der Waals surface area contributed by atoms with Crippen LogP contribution in [0.25, 0.3) is 0 Å². The molecule has 1 aromatic carbocycles. The van der Waals surface area contributed by atoms with Gasteiger partial charge in [0, 0.05) is 31.9 Å². The molecule has 1 saturated heterocycles. The van der Waals surface area contributed by atoms with Crippen molar-refractivity contribution in [3.05, 3.63) is 29.8 Å². The molecular weight excluding hydrogens is 236 g/mol. The predicted molar refractivity (Wildman–Crippen MR) is 78.6 cm³/mol. The number of fused-ring (bicyclic) bond motifs is 1. The van der Waals surface area contributed by atoms with Gasteiger partial charge in [-0.1, -0.05) is 18.2 Å². The number of anilines is 1. The summed E-state index contributed by atoms with van der Waals surface area (Å²) in [4.78, 5) is 2.61. The molecule has 2 unspecified atom stereocenters. The lowest BCUT2D eigenvalue weighted by Gasteiger charge is -2.44. The molecular formula is C16H24N2O. The minimum atomic E-state index is 0.0369. The highest BCUT2D eigenvalue weighted by atomic mass is 16.5. The standard InChI is InChI=1S/C16H24N2O/c1-16(19-2)8-5-9-18(12-16)14-10-13-6-3-4-7-15(13)17-11-14/h3-4,6-7,14,17H,5,8-12H2,1-2H3. The molecule has 2 aliphatic rings. The summed E-state index contributed by atoms with van der Waals surface area (Å²) in [5.41, 5.74) is 2.79. The van der Waals surface area contributed by atoms with E-state index in [0.717, 1.165) is 19.5 Å². The fourth-order valence-corrected chi connectivity index (χ4v) is 3.40. The molecule has 0 saturated carbocycles. The summed E-state index contributed by atoms with van der Waals surface area (Å²) in [5, 5.41) is 3.57. The topological polar surface area (TPSA) is 24.5 Å². The summed E-state index contributed by atoms with van der Waals surface area (Å²) >= 11 is 0. The largest absolute Gasteiger partial charge is 0.383 e. The van der Waals surface area contributed by atoms with Crippen molar-refractivity contribution in [3.8, 4) is 0 Å². The van der Waals surface area contributed by atoms with Gasteiger partial charge in [-0.2, -0.15) is 0 Å². The molecule has 1 fully saturated rings. The second-order valence-electron chi connectivity index (χ2n) is 6.12. The highest BCUT2D eigenvalue weighted by Crippen LogP contribution is 2.29. The Balaban J connectivity index is 1.71. The SMILES string of the molecule is COC1(C)CCCN(C2CNc3ccccc3C2)C1. The van der Waals surface area contributed by atoms with E-state index in [4.69, 9.17) is 4.74 Å². The predicted octanol–water partition coefficient (Wildman–Crippen LogP) is 2.52. The third-order valence-electron chi connectivity index (χ3n) is 4.70. The average Bonchev–Trinajstić information content (AvgIpc) is 2.47. The lowest BCUT2D eigenvalue weighted by molar-refractivity contribution is -0.0601. The maximum Gasteiger partial charge on any atom is 0.0777 e. The van der Waals surface area contributed by atoms with E-state index < -0.39 is 0 Å². The number of para-hydroxylation sites is 1. The second-order valence-corrected chi connectivity index (χ2v) is 6.12. The summed E-state index contributed by atoms with van der Waals surface area (Å²) in [6.07, 6.45) is 3.57. The van der Waals surface area contributed by atoms with E-state index in [2.05, 4.69) is 41.4 Å². The van der Waals surface area contributed by atoms with Crippen molar-refractivity contribution in [1.29, 1.82) is 0 Å². The number of hydrogen-bond donors (Lipinski definition) is 1. The first-order chi connectivity index (χ1) is 9.20. The summed E-state index contributed by atoms with van der Waals surface area (Å²) in [6, 6.07) is 9.27. The summed E-state index contributed by atoms with van der Waals surface area (Å²) < 4.78 is 5.71. The normalized spacial score (nSPS) is 31.6. The van der Waals surface area contributed by atoms with Gasteiger partial charge in [0.1, 0.15) is 0 Å². The minimum absolute atomic E-state index is 0.0369. The molecule has 2 atom stereocenters. The fraction of sp³-hybridized carbons (Fsp3) is 0.625. The molecule has 0 spiro atoms. The molecule has 1 aromatic rings. The van der Waals surface area contributed by atoms with Gasteiger partial charge in [0.2, 0.25) is 0 Å². The Kier molecular flexibility index (Phi) is 3.50. The molecule has 104 valence electrons. The lowest BCUT2D eigenvalue weighted by atomic mass is 9.91. The van der Waals surface area contributed by atoms with Crippen LogP contribution in [0, 0.1) is 0 Å². The van der Waals surface area contributed by atoms with E-state index in [0.29, 0.717) is 6.04 Å². The van der Waals surface area contributed by atoms with E-state index in [1.54, 1.807) is 0 Å². The number of ether oxygens (including phenoxy) is 1. The molecule has 0 amide bonds. The molecule has 0 aliphatic carbocycles. The molecule has 3 rings (SSSR count). The number of hydrogen-bond acceptors (Lipinski definition) is 3. The van der Waals surface area contributed by atoms with E-state index in [1.807, 2.05) is 7.11 Å². The molecule has 1 N–H and O–H groups in total. The minimum Gasteiger partial charge on any atom is -0.383 e. The second kappa shape index (κ2) is 5.14. The number of nitrogens with zero attached hydrogens (tertiary/aromatic N) is 1. The monoisotopic (exact) mass is 260 g/mol. The first kappa shape index (κ1) is 12.9. The van der Waals surface area contributed by atoms with Crippen molar-refractivity contribution in [3.63, 3.8) is 0 Å². The summed E-state index contributed by atoms with van der Waals surface area (Å²) in [5.74, 6) is 0. The van der Waals surface area contributed by atoms with Gasteiger partial charge in [0.25, 0.3) is 0 Å². The van der Waals surface area contributed by atoms with Gasteiger partial charge in [0.15, 0.2) is 0 Å². The molecule has 0 radical (unpaired) electrons. The number of rotatable bonds is 2. The summed E-state index contributed by atoms with van der Waals surface area (Å²) in [7, 11) is 1.85. The molecule has 3 nitrogen and oxygen atoms in total. The van der Waals surface area contributed by atoms with Crippen molar-refractivity contribution < 1.29 is 4.74 Å². The Bertz CT molecular complexity index is 448. The third-order valence-corrected chi connectivity index (χ3v) is 4.70. The van der Waals surface area contributed by atoms with Crippen LogP contribution in [-0.2, 0) is 11.2 Å². The maximum absolute atomic E-state index is 5.71. The number of methoxy groups -OCH3 is 1. The zero-order valence-electron chi connectivity index (χ0n) is 12.0. The van der Waals surface area contributed by atoms with Gasteiger partial charge in [-0.05, 0) is 44.4 Å². The van der Waals surface area contributed by atoms with E-state index in [-0.39, 0.29) is 5.60 Å². The first-order valence-corrected chi connectivity index (χ1v) is 7.31. The molecule has 3 heteroatoms.